The van der Waals surface area contributed by atoms with Gasteiger partial charge in [-0.05, 0) is 12.1 Å². The van der Waals surface area contributed by atoms with Crippen molar-refractivity contribution in [2.45, 2.75) is 6.42 Å². The zero-order valence-electron chi connectivity index (χ0n) is 10.3. The molecule has 0 atom stereocenters. The van der Waals surface area contributed by atoms with Crippen LogP contribution >= 0.6 is 0 Å². The van der Waals surface area contributed by atoms with Gasteiger partial charge in [-0.1, -0.05) is 0 Å². The van der Waals surface area contributed by atoms with Crippen LogP contribution in [0.3, 0.4) is 0 Å². The fourth-order valence-corrected chi connectivity index (χ4v) is 1.37. The van der Waals surface area contributed by atoms with Crippen LogP contribution < -0.4 is 11.1 Å². The predicted octanol–water partition coefficient (Wildman–Crippen LogP) is 1.07. The summed E-state index contributed by atoms with van der Waals surface area (Å²) in [6, 6.07) is 4.39. The summed E-state index contributed by atoms with van der Waals surface area (Å²) in [6.45, 7) is 0.453. The lowest BCUT2D eigenvalue weighted by Gasteiger charge is -2.11. The van der Waals surface area contributed by atoms with Crippen LogP contribution in [-0.2, 0) is 4.79 Å². The zero-order chi connectivity index (χ0) is 13.7. The molecule has 1 rings (SSSR count). The molecule has 0 saturated heterocycles. The Labute approximate surface area is 105 Å². The van der Waals surface area contributed by atoms with E-state index in [1.54, 1.807) is 20.2 Å². The molecule has 98 valence electrons. The van der Waals surface area contributed by atoms with E-state index >= 15 is 0 Å². The number of nitrogens with zero attached hydrogens (tertiary/aromatic N) is 2. The second-order valence-corrected chi connectivity index (χ2v) is 4.00. The van der Waals surface area contributed by atoms with E-state index in [4.69, 9.17) is 5.73 Å². The van der Waals surface area contributed by atoms with Crippen LogP contribution in [0.25, 0.3) is 0 Å². The molecule has 0 radical (unpaired) electrons. The summed E-state index contributed by atoms with van der Waals surface area (Å²) in [7, 11) is 3.37. The number of nitrogens with one attached hydrogen (secondary N) is 1. The molecule has 0 unspecified atom stereocenters. The molecular weight excluding hydrogens is 236 g/mol. The number of nitro groups is 1. The number of benzene rings is 1. The fraction of sp³-hybridized carbons (Fsp3) is 0.364. The first kappa shape index (κ1) is 13.8. The second kappa shape index (κ2) is 5.85. The molecule has 1 aromatic carbocycles. The number of anilines is 2. The lowest BCUT2D eigenvalue weighted by molar-refractivity contribution is -0.383. The van der Waals surface area contributed by atoms with Crippen molar-refractivity contribution in [2.75, 3.05) is 31.7 Å². The van der Waals surface area contributed by atoms with E-state index in [1.807, 2.05) is 0 Å². The summed E-state index contributed by atoms with van der Waals surface area (Å²) in [4.78, 5) is 22.9. The van der Waals surface area contributed by atoms with Gasteiger partial charge in [0, 0.05) is 38.8 Å². The Kier molecular flexibility index (Phi) is 4.47. The molecular formula is C11H16N4O3. The third-order valence-electron chi connectivity index (χ3n) is 2.39. The van der Waals surface area contributed by atoms with Crippen molar-refractivity contribution in [3.05, 3.63) is 28.3 Å². The average Bonchev–Trinajstić information content (AvgIpc) is 2.28. The Morgan fingerprint density at radius 2 is 2.17 bits per heavy atom. The van der Waals surface area contributed by atoms with E-state index in [-0.39, 0.29) is 17.3 Å². The van der Waals surface area contributed by atoms with Crippen LogP contribution in [0.2, 0.25) is 0 Å². The number of nitro benzene ring substituents is 1. The third kappa shape index (κ3) is 3.62. The van der Waals surface area contributed by atoms with E-state index in [9.17, 15) is 14.9 Å². The number of rotatable bonds is 5. The minimum Gasteiger partial charge on any atom is -0.393 e. The summed E-state index contributed by atoms with van der Waals surface area (Å²) in [6.07, 6.45) is 0.351. The van der Waals surface area contributed by atoms with Crippen LogP contribution in [0.15, 0.2) is 18.2 Å². The van der Waals surface area contributed by atoms with Crippen LogP contribution in [0.4, 0.5) is 17.1 Å². The number of nitrogens with two attached hydrogens (primary N) is 1. The van der Waals surface area contributed by atoms with Gasteiger partial charge in [0.2, 0.25) is 5.91 Å². The Bertz CT molecular complexity index is 460. The molecule has 0 spiro atoms. The number of hydrogen-bond acceptors (Lipinski definition) is 5. The molecule has 3 N–H and O–H groups in total. The van der Waals surface area contributed by atoms with Crippen LogP contribution in [0.1, 0.15) is 6.42 Å². The smallest absolute Gasteiger partial charge is 0.292 e. The molecule has 0 heterocycles. The molecule has 0 saturated carbocycles. The van der Waals surface area contributed by atoms with Crippen LogP contribution in [-0.4, -0.2) is 36.4 Å². The van der Waals surface area contributed by atoms with Crippen molar-refractivity contribution < 1.29 is 9.72 Å². The molecule has 7 heteroatoms. The summed E-state index contributed by atoms with van der Waals surface area (Å²) >= 11 is 0. The highest BCUT2D eigenvalue weighted by atomic mass is 16.6. The lowest BCUT2D eigenvalue weighted by Crippen LogP contribution is -2.23. The first-order chi connectivity index (χ1) is 8.41. The minimum atomic E-state index is -0.533. The van der Waals surface area contributed by atoms with Crippen molar-refractivity contribution in [2.24, 2.45) is 0 Å². The molecule has 0 aromatic heterocycles. The van der Waals surface area contributed by atoms with Gasteiger partial charge < -0.3 is 16.0 Å². The largest absolute Gasteiger partial charge is 0.393 e. The highest BCUT2D eigenvalue weighted by Gasteiger charge is 2.11. The van der Waals surface area contributed by atoms with Gasteiger partial charge in [-0.15, -0.1) is 0 Å². The summed E-state index contributed by atoms with van der Waals surface area (Å²) in [5.74, 6) is 0.0115. The number of carbonyl (C=O) groups is 1. The number of nitrogen functional groups attached to an aromatic ring is 1. The summed E-state index contributed by atoms with van der Waals surface area (Å²) in [5.41, 5.74) is 6.18. The van der Waals surface area contributed by atoms with E-state index in [0.29, 0.717) is 18.7 Å². The van der Waals surface area contributed by atoms with Gasteiger partial charge in [-0.3, -0.25) is 14.9 Å². The Morgan fingerprint density at radius 1 is 1.50 bits per heavy atom. The molecule has 0 aliphatic heterocycles. The van der Waals surface area contributed by atoms with Crippen molar-refractivity contribution in [1.82, 2.24) is 4.90 Å². The minimum absolute atomic E-state index is 0.0115. The third-order valence-corrected chi connectivity index (χ3v) is 2.39. The number of hydrogen-bond donors (Lipinski definition) is 2. The molecule has 1 amide bonds. The van der Waals surface area contributed by atoms with Crippen LogP contribution in [0.5, 0.6) is 0 Å². The topological polar surface area (TPSA) is 102 Å². The Hall–Kier alpha value is -2.31. The molecule has 7 nitrogen and oxygen atoms in total. The highest BCUT2D eigenvalue weighted by molar-refractivity contribution is 5.76. The number of carbonyl (C=O) groups excluding carboxylic acids is 1. The zero-order valence-corrected chi connectivity index (χ0v) is 10.3. The first-order valence-corrected chi connectivity index (χ1v) is 5.39. The maximum Gasteiger partial charge on any atom is 0.292 e. The Balaban J connectivity index is 2.57. The summed E-state index contributed by atoms with van der Waals surface area (Å²) < 4.78 is 0. The van der Waals surface area contributed by atoms with Crippen molar-refractivity contribution in [1.29, 1.82) is 0 Å². The van der Waals surface area contributed by atoms with E-state index in [2.05, 4.69) is 5.32 Å². The van der Waals surface area contributed by atoms with Gasteiger partial charge in [0.1, 0.15) is 5.69 Å². The fourth-order valence-electron chi connectivity index (χ4n) is 1.37. The maximum atomic E-state index is 11.3. The predicted molar refractivity (Wildman–Crippen MR) is 69.3 cm³/mol. The molecule has 0 aliphatic carbocycles. The second-order valence-electron chi connectivity index (χ2n) is 4.00. The molecule has 18 heavy (non-hydrogen) atoms. The standard InChI is InChI=1S/C11H16N4O3/c1-14(2)11(16)5-6-13-8-3-4-10(15(17)18)9(12)7-8/h3-4,7,13H,5-6,12H2,1-2H3. The van der Waals surface area contributed by atoms with Gasteiger partial charge in [-0.25, -0.2) is 0 Å². The van der Waals surface area contributed by atoms with Gasteiger partial charge in [0.05, 0.1) is 4.92 Å². The monoisotopic (exact) mass is 252 g/mol. The van der Waals surface area contributed by atoms with Crippen molar-refractivity contribution >= 4 is 23.0 Å². The van der Waals surface area contributed by atoms with Gasteiger partial charge >= 0.3 is 0 Å². The van der Waals surface area contributed by atoms with Gasteiger partial charge in [-0.2, -0.15) is 0 Å². The van der Waals surface area contributed by atoms with Crippen molar-refractivity contribution in [3.63, 3.8) is 0 Å². The van der Waals surface area contributed by atoms with E-state index in [1.165, 1.54) is 17.0 Å². The average molecular weight is 252 g/mol. The molecule has 0 bridgehead atoms. The Morgan fingerprint density at radius 3 is 2.67 bits per heavy atom. The quantitative estimate of drug-likeness (QED) is 0.463. The maximum absolute atomic E-state index is 11.3. The number of amides is 1. The van der Waals surface area contributed by atoms with Gasteiger partial charge in [0.15, 0.2) is 0 Å². The van der Waals surface area contributed by atoms with E-state index in [0.717, 1.165) is 0 Å². The van der Waals surface area contributed by atoms with Gasteiger partial charge in [0.25, 0.3) is 5.69 Å². The molecule has 1 aromatic rings. The highest BCUT2D eigenvalue weighted by Crippen LogP contribution is 2.24. The summed E-state index contributed by atoms with van der Waals surface area (Å²) in [5, 5.41) is 13.6. The van der Waals surface area contributed by atoms with Crippen LogP contribution in [0, 0.1) is 10.1 Å². The first-order valence-electron chi connectivity index (χ1n) is 5.39. The molecule has 0 aliphatic rings. The molecule has 0 fully saturated rings. The lowest BCUT2D eigenvalue weighted by atomic mass is 10.2. The SMILES string of the molecule is CN(C)C(=O)CCNc1ccc([N+](=O)[O-])c(N)c1. The van der Waals surface area contributed by atoms with Crippen molar-refractivity contribution in [3.8, 4) is 0 Å². The normalized spacial score (nSPS) is 9.89. The van der Waals surface area contributed by atoms with E-state index < -0.39 is 4.92 Å².